The van der Waals surface area contributed by atoms with Crippen LogP contribution in [0, 0.1) is 5.92 Å². The standard InChI is InChI=1S/C12H22N2O3/c1-3-9(4-2)8-14-6-5-13-12(17)10(14)7-11(15)16/h9-10H,3-8H2,1-2H3,(H,13,17)(H,15,16)/t10-/m1/s1. The first kappa shape index (κ1) is 14.0. The molecule has 1 saturated heterocycles. The van der Waals surface area contributed by atoms with E-state index >= 15 is 0 Å². The van der Waals surface area contributed by atoms with E-state index in [1.54, 1.807) is 0 Å². The molecule has 1 amide bonds. The maximum atomic E-state index is 11.7. The molecular formula is C12H22N2O3. The number of nitrogens with one attached hydrogen (secondary N) is 1. The van der Waals surface area contributed by atoms with Crippen LogP contribution in [0.1, 0.15) is 33.1 Å². The fraction of sp³-hybridized carbons (Fsp3) is 0.833. The third kappa shape index (κ3) is 4.00. The quantitative estimate of drug-likeness (QED) is 0.719. The molecule has 17 heavy (non-hydrogen) atoms. The second-order valence-electron chi connectivity index (χ2n) is 4.58. The van der Waals surface area contributed by atoms with Gasteiger partial charge in [0, 0.05) is 19.6 Å². The van der Waals surface area contributed by atoms with Gasteiger partial charge in [-0.3, -0.25) is 14.5 Å². The van der Waals surface area contributed by atoms with Crippen molar-refractivity contribution in [3.05, 3.63) is 0 Å². The number of piperazine rings is 1. The molecule has 2 N–H and O–H groups in total. The minimum Gasteiger partial charge on any atom is -0.481 e. The van der Waals surface area contributed by atoms with E-state index in [0.717, 1.165) is 25.9 Å². The monoisotopic (exact) mass is 242 g/mol. The summed E-state index contributed by atoms with van der Waals surface area (Å²) in [7, 11) is 0. The van der Waals surface area contributed by atoms with Crippen LogP contribution in [0.5, 0.6) is 0 Å². The third-order valence-corrected chi connectivity index (χ3v) is 3.46. The summed E-state index contributed by atoms with van der Waals surface area (Å²) < 4.78 is 0. The van der Waals surface area contributed by atoms with Crippen molar-refractivity contribution in [3.63, 3.8) is 0 Å². The van der Waals surface area contributed by atoms with Crippen LogP contribution in [-0.4, -0.2) is 47.6 Å². The number of aliphatic carboxylic acids is 1. The molecule has 98 valence electrons. The molecule has 0 bridgehead atoms. The zero-order chi connectivity index (χ0) is 12.8. The van der Waals surface area contributed by atoms with Gasteiger partial charge in [0.15, 0.2) is 0 Å². The summed E-state index contributed by atoms with van der Waals surface area (Å²) in [5, 5.41) is 11.6. The Morgan fingerprint density at radius 1 is 1.53 bits per heavy atom. The van der Waals surface area contributed by atoms with Crippen molar-refractivity contribution in [2.75, 3.05) is 19.6 Å². The summed E-state index contributed by atoms with van der Waals surface area (Å²) in [5.41, 5.74) is 0. The number of carboxylic acid groups (broad SMARTS) is 1. The topological polar surface area (TPSA) is 69.6 Å². The van der Waals surface area contributed by atoms with Crippen molar-refractivity contribution in [2.24, 2.45) is 5.92 Å². The van der Waals surface area contributed by atoms with Gasteiger partial charge in [-0.05, 0) is 5.92 Å². The Bertz CT molecular complexity index is 277. The van der Waals surface area contributed by atoms with Crippen LogP contribution in [0.15, 0.2) is 0 Å². The lowest BCUT2D eigenvalue weighted by atomic mass is 10.00. The van der Waals surface area contributed by atoms with Crippen molar-refractivity contribution >= 4 is 11.9 Å². The van der Waals surface area contributed by atoms with Crippen LogP contribution in [-0.2, 0) is 9.59 Å². The highest BCUT2D eigenvalue weighted by atomic mass is 16.4. The third-order valence-electron chi connectivity index (χ3n) is 3.46. The summed E-state index contributed by atoms with van der Waals surface area (Å²) >= 11 is 0. The highest BCUT2D eigenvalue weighted by molar-refractivity contribution is 5.86. The molecule has 0 aromatic rings. The predicted molar refractivity (Wildman–Crippen MR) is 64.7 cm³/mol. The molecule has 1 heterocycles. The Kier molecular flexibility index (Phi) is 5.41. The van der Waals surface area contributed by atoms with Crippen LogP contribution in [0.4, 0.5) is 0 Å². The molecule has 1 fully saturated rings. The lowest BCUT2D eigenvalue weighted by Crippen LogP contribution is -2.56. The fourth-order valence-electron chi connectivity index (χ4n) is 2.25. The number of hydrogen-bond acceptors (Lipinski definition) is 3. The van der Waals surface area contributed by atoms with Crippen molar-refractivity contribution in [3.8, 4) is 0 Å². The maximum absolute atomic E-state index is 11.7. The zero-order valence-electron chi connectivity index (χ0n) is 10.6. The van der Waals surface area contributed by atoms with Crippen molar-refractivity contribution in [2.45, 2.75) is 39.2 Å². The van der Waals surface area contributed by atoms with E-state index in [1.165, 1.54) is 0 Å². The lowest BCUT2D eigenvalue weighted by molar-refractivity contribution is -0.143. The van der Waals surface area contributed by atoms with Crippen LogP contribution in [0.25, 0.3) is 0 Å². The van der Waals surface area contributed by atoms with E-state index < -0.39 is 12.0 Å². The molecule has 1 aliphatic heterocycles. The first-order valence-corrected chi connectivity index (χ1v) is 6.32. The Labute approximate surface area is 102 Å². The van der Waals surface area contributed by atoms with Gasteiger partial charge in [-0.25, -0.2) is 0 Å². The van der Waals surface area contributed by atoms with Gasteiger partial charge in [0.25, 0.3) is 0 Å². The maximum Gasteiger partial charge on any atom is 0.305 e. The summed E-state index contributed by atoms with van der Waals surface area (Å²) in [5.74, 6) is -0.525. The summed E-state index contributed by atoms with van der Waals surface area (Å²) in [6.45, 7) is 6.45. The van der Waals surface area contributed by atoms with E-state index in [-0.39, 0.29) is 12.3 Å². The van der Waals surface area contributed by atoms with Crippen LogP contribution in [0.3, 0.4) is 0 Å². The molecule has 1 atom stereocenters. The van der Waals surface area contributed by atoms with Crippen LogP contribution < -0.4 is 5.32 Å². The molecule has 0 spiro atoms. The first-order valence-electron chi connectivity index (χ1n) is 6.32. The highest BCUT2D eigenvalue weighted by Crippen LogP contribution is 2.15. The minimum absolute atomic E-state index is 0.105. The normalized spacial score (nSPS) is 21.6. The Balaban J connectivity index is 2.64. The number of carbonyl (C=O) groups excluding carboxylic acids is 1. The minimum atomic E-state index is -0.915. The van der Waals surface area contributed by atoms with E-state index in [2.05, 4.69) is 19.2 Å². The molecule has 1 aliphatic rings. The summed E-state index contributed by atoms with van der Waals surface area (Å²) in [6.07, 6.45) is 2.02. The van der Waals surface area contributed by atoms with E-state index in [0.29, 0.717) is 12.5 Å². The van der Waals surface area contributed by atoms with Crippen LogP contribution in [0.2, 0.25) is 0 Å². The smallest absolute Gasteiger partial charge is 0.305 e. The molecular weight excluding hydrogens is 220 g/mol. The van der Waals surface area contributed by atoms with Gasteiger partial charge in [0.05, 0.1) is 12.5 Å². The predicted octanol–water partition coefficient (Wildman–Crippen LogP) is 0.698. The zero-order valence-corrected chi connectivity index (χ0v) is 10.6. The fourth-order valence-corrected chi connectivity index (χ4v) is 2.25. The summed E-state index contributed by atoms with van der Waals surface area (Å²) in [4.78, 5) is 24.5. The Morgan fingerprint density at radius 2 is 2.18 bits per heavy atom. The Hall–Kier alpha value is -1.10. The molecule has 0 aromatic heterocycles. The molecule has 0 radical (unpaired) electrons. The SMILES string of the molecule is CCC(CC)CN1CCNC(=O)[C@H]1CC(=O)O. The second kappa shape index (κ2) is 6.59. The van der Waals surface area contributed by atoms with Crippen molar-refractivity contribution in [1.29, 1.82) is 0 Å². The van der Waals surface area contributed by atoms with Crippen molar-refractivity contribution < 1.29 is 14.7 Å². The molecule has 0 unspecified atom stereocenters. The van der Waals surface area contributed by atoms with Crippen LogP contribution >= 0.6 is 0 Å². The molecule has 5 nitrogen and oxygen atoms in total. The number of hydrogen-bond donors (Lipinski definition) is 2. The number of carboxylic acids is 1. The van der Waals surface area contributed by atoms with Gasteiger partial charge in [0.2, 0.25) is 5.91 Å². The van der Waals surface area contributed by atoms with E-state index in [1.807, 2.05) is 4.90 Å². The molecule has 5 heteroatoms. The summed E-state index contributed by atoms with van der Waals surface area (Å²) in [6, 6.07) is -0.498. The van der Waals surface area contributed by atoms with E-state index in [4.69, 9.17) is 5.11 Å². The van der Waals surface area contributed by atoms with Crippen molar-refractivity contribution in [1.82, 2.24) is 10.2 Å². The average Bonchev–Trinajstić information content (AvgIpc) is 2.29. The van der Waals surface area contributed by atoms with Gasteiger partial charge in [-0.15, -0.1) is 0 Å². The molecule has 0 aliphatic carbocycles. The Morgan fingerprint density at radius 3 is 2.71 bits per heavy atom. The van der Waals surface area contributed by atoms with Gasteiger partial charge < -0.3 is 10.4 Å². The van der Waals surface area contributed by atoms with Gasteiger partial charge >= 0.3 is 5.97 Å². The average molecular weight is 242 g/mol. The number of rotatable bonds is 6. The second-order valence-corrected chi connectivity index (χ2v) is 4.58. The van der Waals surface area contributed by atoms with E-state index in [9.17, 15) is 9.59 Å². The number of carbonyl (C=O) groups is 2. The lowest BCUT2D eigenvalue weighted by Gasteiger charge is -2.36. The first-order chi connectivity index (χ1) is 8.08. The van der Waals surface area contributed by atoms with Gasteiger partial charge in [-0.2, -0.15) is 0 Å². The molecule has 1 rings (SSSR count). The number of nitrogens with zero attached hydrogens (tertiary/aromatic N) is 1. The number of amides is 1. The highest BCUT2D eigenvalue weighted by Gasteiger charge is 2.32. The largest absolute Gasteiger partial charge is 0.481 e. The molecule has 0 aromatic carbocycles. The van der Waals surface area contributed by atoms with Gasteiger partial charge in [-0.1, -0.05) is 26.7 Å². The van der Waals surface area contributed by atoms with Gasteiger partial charge in [0.1, 0.15) is 0 Å². The molecule has 0 saturated carbocycles.